The van der Waals surface area contributed by atoms with Gasteiger partial charge in [0, 0.05) is 18.7 Å². The summed E-state index contributed by atoms with van der Waals surface area (Å²) in [5.41, 5.74) is 1.06. The first-order valence-electron chi connectivity index (χ1n) is 6.99. The summed E-state index contributed by atoms with van der Waals surface area (Å²) in [5.74, 6) is 0.773. The summed E-state index contributed by atoms with van der Waals surface area (Å²) in [6.07, 6.45) is 1.50. The number of unbranched alkanes of at least 4 members (excludes halogenated alkanes) is 1. The predicted molar refractivity (Wildman–Crippen MR) is 84.1 cm³/mol. The minimum atomic E-state index is -0.610. The van der Waals surface area contributed by atoms with E-state index in [1.165, 1.54) is 0 Å². The van der Waals surface area contributed by atoms with E-state index in [0.717, 1.165) is 35.2 Å². The maximum absolute atomic E-state index is 9.84. The van der Waals surface area contributed by atoms with Crippen LogP contribution in [0.15, 0.2) is 22.7 Å². The summed E-state index contributed by atoms with van der Waals surface area (Å²) in [5, 5.41) is 12.9. The Balaban J connectivity index is 2.44. The Hall–Kier alpha value is -0.620. The normalized spacial score (nSPS) is 12.4. The molecule has 0 bridgehead atoms. The predicted octanol–water partition coefficient (Wildman–Crippen LogP) is 2.72. The van der Waals surface area contributed by atoms with Crippen LogP contribution in [0.25, 0.3) is 0 Å². The zero-order valence-corrected chi connectivity index (χ0v) is 13.8. The van der Waals surface area contributed by atoms with Gasteiger partial charge in [0.2, 0.25) is 0 Å². The second-order valence-electron chi connectivity index (χ2n) is 4.65. The first-order chi connectivity index (χ1) is 9.69. The van der Waals surface area contributed by atoms with Crippen LogP contribution in [0.2, 0.25) is 0 Å². The van der Waals surface area contributed by atoms with Crippen LogP contribution < -0.4 is 10.1 Å². The molecule has 20 heavy (non-hydrogen) atoms. The van der Waals surface area contributed by atoms with Crippen LogP contribution in [0.4, 0.5) is 0 Å². The number of rotatable bonds is 10. The minimum Gasteiger partial charge on any atom is -0.489 e. The molecule has 0 aliphatic rings. The molecule has 2 N–H and O–H groups in total. The number of nitrogens with one attached hydrogen (secondary N) is 1. The average molecular weight is 346 g/mol. The van der Waals surface area contributed by atoms with Crippen LogP contribution in [0.5, 0.6) is 5.75 Å². The molecule has 0 amide bonds. The maximum Gasteiger partial charge on any atom is 0.138 e. The fourth-order valence-electron chi connectivity index (χ4n) is 1.74. The molecule has 5 heteroatoms. The van der Waals surface area contributed by atoms with Gasteiger partial charge in [0.15, 0.2) is 0 Å². The zero-order valence-electron chi connectivity index (χ0n) is 12.2. The molecule has 1 rings (SSSR count). The van der Waals surface area contributed by atoms with E-state index in [0.29, 0.717) is 13.2 Å². The highest BCUT2D eigenvalue weighted by atomic mass is 79.9. The highest BCUT2D eigenvalue weighted by Gasteiger charge is 2.11. The van der Waals surface area contributed by atoms with Gasteiger partial charge in [0.25, 0.3) is 0 Å². The van der Waals surface area contributed by atoms with Gasteiger partial charge in [-0.15, -0.1) is 0 Å². The number of para-hydroxylation sites is 1. The Morgan fingerprint density at radius 3 is 2.85 bits per heavy atom. The molecule has 1 aromatic rings. The lowest BCUT2D eigenvalue weighted by Gasteiger charge is -2.16. The standard InChI is InChI=1S/C15H24BrNO3/c1-3-4-8-19-10-13(18)11-20-15-12(9-17-2)6-5-7-14(15)16/h5-7,13,17-18H,3-4,8-11H2,1-2H3. The molecular weight excluding hydrogens is 322 g/mol. The second-order valence-corrected chi connectivity index (χ2v) is 5.51. The summed E-state index contributed by atoms with van der Waals surface area (Å²) < 4.78 is 12.0. The number of benzene rings is 1. The van der Waals surface area contributed by atoms with E-state index in [9.17, 15) is 5.11 Å². The molecule has 4 nitrogen and oxygen atoms in total. The van der Waals surface area contributed by atoms with Crippen molar-refractivity contribution in [2.45, 2.75) is 32.4 Å². The SMILES string of the molecule is CCCCOCC(O)COc1c(Br)cccc1CNC. The highest BCUT2D eigenvalue weighted by molar-refractivity contribution is 9.10. The second kappa shape index (κ2) is 10.2. The van der Waals surface area contributed by atoms with Crippen LogP contribution in [0.1, 0.15) is 25.3 Å². The largest absolute Gasteiger partial charge is 0.489 e. The van der Waals surface area contributed by atoms with E-state index >= 15 is 0 Å². The van der Waals surface area contributed by atoms with Crippen molar-refractivity contribution in [3.8, 4) is 5.75 Å². The van der Waals surface area contributed by atoms with E-state index in [2.05, 4.69) is 28.2 Å². The molecule has 0 radical (unpaired) electrons. The molecule has 0 aromatic heterocycles. The number of aliphatic hydroxyl groups is 1. The van der Waals surface area contributed by atoms with Crippen LogP contribution in [0, 0.1) is 0 Å². The Kier molecular flexibility index (Phi) is 8.85. The first-order valence-corrected chi connectivity index (χ1v) is 7.79. The van der Waals surface area contributed by atoms with Gasteiger partial charge in [-0.25, -0.2) is 0 Å². The molecule has 1 aromatic carbocycles. The number of ether oxygens (including phenoxy) is 2. The van der Waals surface area contributed by atoms with E-state index in [-0.39, 0.29) is 6.61 Å². The molecular formula is C15H24BrNO3. The summed E-state index contributed by atoms with van der Waals surface area (Å²) in [4.78, 5) is 0. The number of hydrogen-bond donors (Lipinski definition) is 2. The monoisotopic (exact) mass is 345 g/mol. The van der Waals surface area contributed by atoms with Gasteiger partial charge in [-0.2, -0.15) is 0 Å². The van der Waals surface area contributed by atoms with Crippen molar-refractivity contribution in [3.63, 3.8) is 0 Å². The lowest BCUT2D eigenvalue weighted by atomic mass is 10.2. The highest BCUT2D eigenvalue weighted by Crippen LogP contribution is 2.29. The topological polar surface area (TPSA) is 50.7 Å². The third-order valence-corrected chi connectivity index (χ3v) is 3.41. The smallest absolute Gasteiger partial charge is 0.138 e. The van der Waals surface area contributed by atoms with Crippen molar-refractivity contribution >= 4 is 15.9 Å². The summed E-state index contributed by atoms with van der Waals surface area (Å²) in [6.45, 7) is 4.06. The van der Waals surface area contributed by atoms with Gasteiger partial charge in [-0.1, -0.05) is 25.5 Å². The molecule has 0 fully saturated rings. The lowest BCUT2D eigenvalue weighted by molar-refractivity contribution is 0.0110. The molecule has 0 saturated carbocycles. The number of hydrogen-bond acceptors (Lipinski definition) is 4. The molecule has 0 saturated heterocycles. The van der Waals surface area contributed by atoms with Crippen LogP contribution in [-0.2, 0) is 11.3 Å². The van der Waals surface area contributed by atoms with Crippen LogP contribution in [-0.4, -0.2) is 38.1 Å². The van der Waals surface area contributed by atoms with Crippen LogP contribution >= 0.6 is 15.9 Å². The molecule has 0 heterocycles. The molecule has 0 aliphatic heterocycles. The van der Waals surface area contributed by atoms with Gasteiger partial charge in [0.1, 0.15) is 18.5 Å². The zero-order chi connectivity index (χ0) is 14.8. The minimum absolute atomic E-state index is 0.228. The third-order valence-electron chi connectivity index (χ3n) is 2.79. The third kappa shape index (κ3) is 6.22. The summed E-state index contributed by atoms with van der Waals surface area (Å²) in [6, 6.07) is 5.90. The van der Waals surface area contributed by atoms with Crippen molar-refractivity contribution in [1.29, 1.82) is 0 Å². The molecule has 1 unspecified atom stereocenters. The van der Waals surface area contributed by atoms with Gasteiger partial charge in [-0.05, 0) is 35.5 Å². The molecule has 114 valence electrons. The fourth-order valence-corrected chi connectivity index (χ4v) is 2.26. The van der Waals surface area contributed by atoms with Gasteiger partial charge in [-0.3, -0.25) is 0 Å². The Labute approximate surface area is 129 Å². The first kappa shape index (κ1) is 17.4. The average Bonchev–Trinajstić information content (AvgIpc) is 2.43. The van der Waals surface area contributed by atoms with Gasteiger partial charge < -0.3 is 19.9 Å². The number of aliphatic hydroxyl groups excluding tert-OH is 1. The molecule has 0 spiro atoms. The van der Waals surface area contributed by atoms with Crippen LogP contribution in [0.3, 0.4) is 0 Å². The summed E-state index contributed by atoms with van der Waals surface area (Å²) >= 11 is 3.47. The lowest BCUT2D eigenvalue weighted by Crippen LogP contribution is -2.24. The molecule has 1 atom stereocenters. The summed E-state index contributed by atoms with van der Waals surface area (Å²) in [7, 11) is 1.89. The van der Waals surface area contributed by atoms with E-state index in [4.69, 9.17) is 9.47 Å². The van der Waals surface area contributed by atoms with Crippen molar-refractivity contribution in [3.05, 3.63) is 28.2 Å². The van der Waals surface area contributed by atoms with E-state index in [1.54, 1.807) is 0 Å². The van der Waals surface area contributed by atoms with Crippen molar-refractivity contribution < 1.29 is 14.6 Å². The quantitative estimate of drug-likeness (QED) is 0.640. The van der Waals surface area contributed by atoms with Gasteiger partial charge >= 0.3 is 0 Å². The Bertz CT molecular complexity index is 387. The van der Waals surface area contributed by atoms with Gasteiger partial charge in [0.05, 0.1) is 11.1 Å². The maximum atomic E-state index is 9.84. The van der Waals surface area contributed by atoms with Crippen molar-refractivity contribution in [1.82, 2.24) is 5.32 Å². The Morgan fingerprint density at radius 1 is 1.35 bits per heavy atom. The Morgan fingerprint density at radius 2 is 2.15 bits per heavy atom. The molecule has 0 aliphatic carbocycles. The van der Waals surface area contributed by atoms with Crippen molar-refractivity contribution in [2.24, 2.45) is 0 Å². The van der Waals surface area contributed by atoms with Crippen molar-refractivity contribution in [2.75, 3.05) is 26.9 Å². The number of halogens is 1. The van der Waals surface area contributed by atoms with E-state index < -0.39 is 6.10 Å². The van der Waals surface area contributed by atoms with E-state index in [1.807, 2.05) is 25.2 Å². The fraction of sp³-hybridized carbons (Fsp3) is 0.600.